The summed E-state index contributed by atoms with van der Waals surface area (Å²) >= 11 is 0. The molecule has 1 aromatic heterocycles. The molecule has 0 amide bonds. The molecule has 0 unspecified atom stereocenters. The summed E-state index contributed by atoms with van der Waals surface area (Å²) in [4.78, 5) is 31.5. The molecule has 1 rings (SSSR count). The van der Waals surface area contributed by atoms with E-state index >= 15 is 0 Å². The zero-order valence-corrected chi connectivity index (χ0v) is 9.85. The minimum absolute atomic E-state index is 0.275. The van der Waals surface area contributed by atoms with E-state index in [0.717, 1.165) is 26.4 Å². The summed E-state index contributed by atoms with van der Waals surface area (Å²) in [6, 6.07) is 2.11. The molecule has 104 valence electrons. The van der Waals surface area contributed by atoms with Crippen LogP contribution in [-0.4, -0.2) is 31.5 Å². The highest BCUT2D eigenvalue weighted by molar-refractivity contribution is 5.62. The van der Waals surface area contributed by atoms with Crippen LogP contribution in [0.2, 0.25) is 0 Å². The van der Waals surface area contributed by atoms with E-state index in [-0.39, 0.29) is 5.76 Å². The van der Waals surface area contributed by atoms with Gasteiger partial charge in [0, 0.05) is 0 Å². The van der Waals surface area contributed by atoms with Crippen LogP contribution in [0.15, 0.2) is 16.5 Å². The molecule has 0 aliphatic rings. The Labute approximate surface area is 105 Å². The normalized spacial score (nSPS) is 9.84. The van der Waals surface area contributed by atoms with Crippen LogP contribution in [0.25, 0.3) is 0 Å². The highest BCUT2D eigenvalue weighted by Crippen LogP contribution is 2.26. The van der Waals surface area contributed by atoms with Crippen LogP contribution in [0.5, 0.6) is 0 Å². The number of hydrogen-bond acceptors (Lipinski definition) is 9. The first kappa shape index (κ1) is 14.3. The number of carbonyl (C=O) groups excluding carboxylic acids is 2. The largest absolute Gasteiger partial charge is 0.511 e. The molecule has 0 saturated carbocycles. The smallest absolute Gasteiger partial charge is 0.438 e. The first-order chi connectivity index (χ1) is 8.97. The second-order valence-corrected chi connectivity index (χ2v) is 2.91. The third kappa shape index (κ3) is 3.87. The summed E-state index contributed by atoms with van der Waals surface area (Å²) in [5, 5.41) is 10.4. The summed E-state index contributed by atoms with van der Waals surface area (Å²) in [6.07, 6.45) is -4.01. The zero-order chi connectivity index (χ0) is 14.4. The Morgan fingerprint density at radius 3 is 2.11 bits per heavy atom. The van der Waals surface area contributed by atoms with Crippen LogP contribution in [0.1, 0.15) is 12.1 Å². The van der Waals surface area contributed by atoms with Crippen molar-refractivity contribution in [1.82, 2.24) is 0 Å². The van der Waals surface area contributed by atoms with Crippen LogP contribution >= 0.6 is 0 Å². The average molecular weight is 275 g/mol. The molecule has 1 heterocycles. The van der Waals surface area contributed by atoms with E-state index in [2.05, 4.69) is 18.9 Å². The van der Waals surface area contributed by atoms with Crippen molar-refractivity contribution in [2.24, 2.45) is 0 Å². The monoisotopic (exact) mass is 275 g/mol. The fourth-order valence-corrected chi connectivity index (χ4v) is 0.978. The SMILES string of the molecule is COC(=O)OC(OC(=O)OC)c1ccc([N+](=O)[O-])o1. The molecule has 0 fully saturated rings. The van der Waals surface area contributed by atoms with Crippen molar-refractivity contribution < 1.29 is 37.9 Å². The van der Waals surface area contributed by atoms with Gasteiger partial charge in [0.2, 0.25) is 0 Å². The van der Waals surface area contributed by atoms with Gasteiger partial charge in [-0.05, 0) is 6.07 Å². The van der Waals surface area contributed by atoms with Gasteiger partial charge in [-0.1, -0.05) is 0 Å². The van der Waals surface area contributed by atoms with Crippen LogP contribution in [0.4, 0.5) is 15.5 Å². The lowest BCUT2D eigenvalue weighted by atomic mass is 10.4. The summed E-state index contributed by atoms with van der Waals surface area (Å²) in [6.45, 7) is 0. The predicted octanol–water partition coefficient (Wildman–Crippen LogP) is 1.75. The molecule has 19 heavy (non-hydrogen) atoms. The van der Waals surface area contributed by atoms with Gasteiger partial charge in [0.25, 0.3) is 0 Å². The number of carbonyl (C=O) groups is 2. The van der Waals surface area contributed by atoms with Gasteiger partial charge in [-0.3, -0.25) is 10.1 Å². The second kappa shape index (κ2) is 6.23. The number of nitro groups is 1. The van der Waals surface area contributed by atoms with Crippen molar-refractivity contribution in [2.45, 2.75) is 6.29 Å². The molecule has 1 aromatic rings. The Bertz CT molecular complexity index is 462. The van der Waals surface area contributed by atoms with E-state index in [0.29, 0.717) is 0 Å². The van der Waals surface area contributed by atoms with Crippen LogP contribution in [0.3, 0.4) is 0 Å². The number of methoxy groups -OCH3 is 2. The van der Waals surface area contributed by atoms with Gasteiger partial charge in [-0.2, -0.15) is 0 Å². The lowest BCUT2D eigenvalue weighted by molar-refractivity contribution is -0.402. The molecule has 0 aromatic carbocycles. The number of furan rings is 1. The molecular formula is C9H9NO9. The van der Waals surface area contributed by atoms with Crippen LogP contribution in [-0.2, 0) is 18.9 Å². The highest BCUT2D eigenvalue weighted by atomic mass is 16.8. The van der Waals surface area contributed by atoms with Crippen LogP contribution < -0.4 is 0 Å². The van der Waals surface area contributed by atoms with Gasteiger partial charge in [-0.15, -0.1) is 0 Å². The van der Waals surface area contributed by atoms with Crippen molar-refractivity contribution in [2.75, 3.05) is 14.2 Å². The topological polar surface area (TPSA) is 127 Å². The lowest BCUT2D eigenvalue weighted by Gasteiger charge is -2.13. The van der Waals surface area contributed by atoms with E-state index in [1.165, 1.54) is 0 Å². The molecule has 0 aliphatic carbocycles. The minimum atomic E-state index is -1.66. The first-order valence-corrected chi connectivity index (χ1v) is 4.71. The summed E-state index contributed by atoms with van der Waals surface area (Å²) in [7, 11) is 2.06. The van der Waals surface area contributed by atoms with Gasteiger partial charge in [-0.25, -0.2) is 9.59 Å². The second-order valence-electron chi connectivity index (χ2n) is 2.91. The van der Waals surface area contributed by atoms with Crippen LogP contribution in [0, 0.1) is 10.1 Å². The molecule has 10 nitrogen and oxygen atoms in total. The third-order valence-electron chi connectivity index (χ3n) is 1.76. The van der Waals surface area contributed by atoms with Crippen molar-refractivity contribution in [1.29, 1.82) is 0 Å². The highest BCUT2D eigenvalue weighted by Gasteiger charge is 2.27. The van der Waals surface area contributed by atoms with E-state index in [9.17, 15) is 19.7 Å². The Kier molecular flexibility index (Phi) is 4.69. The van der Waals surface area contributed by atoms with Gasteiger partial charge >= 0.3 is 24.5 Å². The third-order valence-corrected chi connectivity index (χ3v) is 1.76. The van der Waals surface area contributed by atoms with E-state index in [1.54, 1.807) is 0 Å². The maximum absolute atomic E-state index is 11.0. The maximum atomic E-state index is 11.0. The quantitative estimate of drug-likeness (QED) is 0.349. The fraction of sp³-hybridized carbons (Fsp3) is 0.333. The molecule has 0 aliphatic heterocycles. The summed E-state index contributed by atoms with van der Waals surface area (Å²) in [5.41, 5.74) is 0. The predicted molar refractivity (Wildman–Crippen MR) is 55.1 cm³/mol. The van der Waals surface area contributed by atoms with Gasteiger partial charge in [0.05, 0.1) is 20.3 Å². The van der Waals surface area contributed by atoms with Crippen molar-refractivity contribution >= 4 is 18.2 Å². The Morgan fingerprint density at radius 2 is 1.74 bits per heavy atom. The Balaban J connectivity index is 2.90. The summed E-state index contributed by atoms with van der Waals surface area (Å²) < 4.78 is 22.2. The first-order valence-electron chi connectivity index (χ1n) is 4.71. The van der Waals surface area contributed by atoms with Crippen molar-refractivity contribution in [3.63, 3.8) is 0 Å². The van der Waals surface area contributed by atoms with E-state index < -0.39 is 29.4 Å². The van der Waals surface area contributed by atoms with Crippen molar-refractivity contribution in [3.8, 4) is 0 Å². The van der Waals surface area contributed by atoms with E-state index in [1.807, 2.05) is 0 Å². The molecule has 10 heteroatoms. The molecule has 0 saturated heterocycles. The zero-order valence-electron chi connectivity index (χ0n) is 9.85. The number of ether oxygens (including phenoxy) is 4. The number of rotatable bonds is 4. The van der Waals surface area contributed by atoms with Gasteiger partial charge in [0.1, 0.15) is 4.92 Å². The lowest BCUT2D eigenvalue weighted by Crippen LogP contribution is -2.17. The fourth-order valence-electron chi connectivity index (χ4n) is 0.978. The average Bonchev–Trinajstić information content (AvgIpc) is 2.87. The minimum Gasteiger partial charge on any atom is -0.438 e. The van der Waals surface area contributed by atoms with Crippen molar-refractivity contribution in [3.05, 3.63) is 28.0 Å². The standard InChI is InChI=1S/C9H9NO9/c1-15-8(11)18-7(19-9(12)16-2)5-3-4-6(17-5)10(13)14/h3-4,7H,1-2H3. The molecule has 0 atom stereocenters. The maximum Gasteiger partial charge on any atom is 0.511 e. The van der Waals surface area contributed by atoms with Gasteiger partial charge in [0.15, 0.2) is 5.76 Å². The Hall–Kier alpha value is -2.78. The van der Waals surface area contributed by atoms with E-state index in [4.69, 9.17) is 4.42 Å². The van der Waals surface area contributed by atoms with Gasteiger partial charge < -0.3 is 23.4 Å². The molecule has 0 bridgehead atoms. The molecule has 0 N–H and O–H groups in total. The number of nitrogens with zero attached hydrogens (tertiary/aromatic N) is 1. The molecule has 0 radical (unpaired) electrons. The molecular weight excluding hydrogens is 266 g/mol. The Morgan fingerprint density at radius 1 is 1.21 bits per heavy atom. The number of hydrogen-bond donors (Lipinski definition) is 0. The molecule has 0 spiro atoms. The summed E-state index contributed by atoms with van der Waals surface area (Å²) in [5.74, 6) is -0.885.